The first-order valence-electron chi connectivity index (χ1n) is 8.94. The Hall–Kier alpha value is -3.88. The zero-order chi connectivity index (χ0) is 20.6. The van der Waals surface area contributed by atoms with Crippen LogP contribution in [0.15, 0.2) is 51.9 Å². The van der Waals surface area contributed by atoms with Gasteiger partial charge in [0.25, 0.3) is 0 Å². The third-order valence-corrected chi connectivity index (χ3v) is 4.34. The minimum atomic E-state index is -0.419. The maximum absolute atomic E-state index is 12.2. The number of hydrogen-bond acceptors (Lipinski definition) is 7. The summed E-state index contributed by atoms with van der Waals surface area (Å²) in [7, 11) is 0. The van der Waals surface area contributed by atoms with E-state index in [-0.39, 0.29) is 5.41 Å². The largest absolute Gasteiger partial charge is 0.445 e. The first-order chi connectivity index (χ1) is 13.8. The number of fused-ring (bicyclic) bond motifs is 1. The number of nitrogen functional groups attached to an aromatic ring is 1. The molecule has 9 heteroatoms. The number of nitrogens with two attached hydrogens (primary N) is 1. The lowest BCUT2D eigenvalue weighted by Crippen LogP contribution is -2.19. The maximum Gasteiger partial charge on any atom is 0.324 e. The van der Waals surface area contributed by atoms with E-state index in [4.69, 9.17) is 14.7 Å². The molecule has 0 aliphatic heterocycles. The van der Waals surface area contributed by atoms with Gasteiger partial charge in [-0.05, 0) is 17.7 Å². The Morgan fingerprint density at radius 3 is 2.55 bits per heavy atom. The fourth-order valence-electron chi connectivity index (χ4n) is 2.81. The molecule has 1 aromatic carbocycles. The van der Waals surface area contributed by atoms with Gasteiger partial charge in [0, 0.05) is 22.7 Å². The number of carbonyl (C=O) groups is 1. The number of nitrogens with one attached hydrogen (secondary N) is 2. The van der Waals surface area contributed by atoms with Gasteiger partial charge in [0.05, 0.1) is 5.39 Å². The van der Waals surface area contributed by atoms with Gasteiger partial charge in [-0.1, -0.05) is 38.1 Å². The van der Waals surface area contributed by atoms with Crippen LogP contribution in [0, 0.1) is 0 Å². The van der Waals surface area contributed by atoms with Crippen LogP contribution in [0.25, 0.3) is 22.2 Å². The number of anilines is 3. The van der Waals surface area contributed by atoms with Crippen LogP contribution in [0.1, 0.15) is 26.5 Å². The standard InChI is InChI=1S/C20H20N6O3/c1-20(2,3)14-8-15(26-29-14)25-19(27)24-12-6-4-11(5-7-12)13-9-28-18-16(13)17(21)22-10-23-18/h4-10H,1-3H3,(H2,21,22,23)(H2,24,25,26,27). The van der Waals surface area contributed by atoms with E-state index in [9.17, 15) is 4.79 Å². The molecular formula is C20H20N6O3. The Labute approximate surface area is 166 Å². The Kier molecular flexibility index (Phi) is 4.42. The smallest absolute Gasteiger partial charge is 0.324 e. The predicted octanol–water partition coefficient (Wildman–Crippen LogP) is 4.40. The normalized spacial score (nSPS) is 11.6. The summed E-state index contributed by atoms with van der Waals surface area (Å²) in [5.74, 6) is 1.39. The number of amides is 2. The van der Waals surface area contributed by atoms with E-state index in [1.807, 2.05) is 32.9 Å². The lowest BCUT2D eigenvalue weighted by Gasteiger charge is -2.12. The molecule has 4 rings (SSSR count). The Bertz CT molecular complexity index is 1170. The van der Waals surface area contributed by atoms with Crippen molar-refractivity contribution in [3.63, 3.8) is 0 Å². The number of nitrogens with zero attached hydrogens (tertiary/aromatic N) is 3. The molecule has 0 saturated carbocycles. The molecule has 0 atom stereocenters. The maximum atomic E-state index is 12.2. The number of carbonyl (C=O) groups excluding carboxylic acids is 1. The van der Waals surface area contributed by atoms with Gasteiger partial charge in [-0.3, -0.25) is 5.32 Å². The number of urea groups is 1. The molecule has 0 unspecified atom stereocenters. The van der Waals surface area contributed by atoms with Crippen molar-refractivity contribution in [3.05, 3.63) is 48.7 Å². The van der Waals surface area contributed by atoms with Crippen LogP contribution in [-0.4, -0.2) is 21.2 Å². The summed E-state index contributed by atoms with van der Waals surface area (Å²) in [5.41, 5.74) is 8.44. The SMILES string of the molecule is CC(C)(C)c1cc(NC(=O)Nc2ccc(-c3coc4ncnc(N)c34)cc2)no1. The summed E-state index contributed by atoms with van der Waals surface area (Å²) >= 11 is 0. The average molecular weight is 392 g/mol. The molecule has 0 aliphatic carbocycles. The van der Waals surface area contributed by atoms with E-state index in [0.29, 0.717) is 34.2 Å². The summed E-state index contributed by atoms with van der Waals surface area (Å²) in [6, 6.07) is 8.53. The first-order valence-corrected chi connectivity index (χ1v) is 8.94. The molecule has 4 N–H and O–H groups in total. The van der Waals surface area contributed by atoms with Crippen molar-refractivity contribution in [2.45, 2.75) is 26.2 Å². The fraction of sp³-hybridized carbons (Fsp3) is 0.200. The third-order valence-electron chi connectivity index (χ3n) is 4.34. The minimum absolute atomic E-state index is 0.190. The Balaban J connectivity index is 1.47. The highest BCUT2D eigenvalue weighted by Crippen LogP contribution is 2.32. The molecule has 0 spiro atoms. The van der Waals surface area contributed by atoms with E-state index >= 15 is 0 Å². The molecule has 3 aromatic heterocycles. The van der Waals surface area contributed by atoms with Gasteiger partial charge in [-0.25, -0.2) is 14.8 Å². The van der Waals surface area contributed by atoms with Crippen LogP contribution < -0.4 is 16.4 Å². The zero-order valence-electron chi connectivity index (χ0n) is 16.2. The molecule has 0 radical (unpaired) electrons. The average Bonchev–Trinajstić information content (AvgIpc) is 3.30. The Morgan fingerprint density at radius 2 is 1.86 bits per heavy atom. The number of benzene rings is 1. The summed E-state index contributed by atoms with van der Waals surface area (Å²) in [4.78, 5) is 20.3. The quantitative estimate of drug-likeness (QED) is 0.470. The fourth-order valence-corrected chi connectivity index (χ4v) is 2.81. The van der Waals surface area contributed by atoms with Crippen LogP contribution in [0.4, 0.5) is 22.1 Å². The summed E-state index contributed by atoms with van der Waals surface area (Å²) < 4.78 is 10.7. The van der Waals surface area contributed by atoms with Gasteiger partial charge < -0.3 is 20.0 Å². The van der Waals surface area contributed by atoms with E-state index in [2.05, 4.69) is 25.8 Å². The second-order valence-corrected chi connectivity index (χ2v) is 7.57. The van der Waals surface area contributed by atoms with Crippen molar-refractivity contribution >= 4 is 34.5 Å². The zero-order valence-corrected chi connectivity index (χ0v) is 16.2. The topological polar surface area (TPSA) is 132 Å². The van der Waals surface area contributed by atoms with Crippen molar-refractivity contribution < 1.29 is 13.7 Å². The molecule has 0 fully saturated rings. The number of aromatic nitrogens is 3. The highest BCUT2D eigenvalue weighted by atomic mass is 16.5. The molecule has 4 aromatic rings. The van der Waals surface area contributed by atoms with Gasteiger partial charge in [0.1, 0.15) is 24.2 Å². The van der Waals surface area contributed by atoms with Crippen LogP contribution >= 0.6 is 0 Å². The van der Waals surface area contributed by atoms with Gasteiger partial charge in [0.2, 0.25) is 5.71 Å². The monoisotopic (exact) mass is 392 g/mol. The molecule has 2 amide bonds. The molecular weight excluding hydrogens is 372 g/mol. The second kappa shape index (κ2) is 6.93. The molecule has 9 nitrogen and oxygen atoms in total. The van der Waals surface area contributed by atoms with Gasteiger partial charge >= 0.3 is 6.03 Å². The second-order valence-electron chi connectivity index (χ2n) is 7.57. The minimum Gasteiger partial charge on any atom is -0.445 e. The molecule has 29 heavy (non-hydrogen) atoms. The highest BCUT2D eigenvalue weighted by molar-refractivity contribution is 6.00. The number of hydrogen-bond donors (Lipinski definition) is 3. The van der Waals surface area contributed by atoms with Crippen molar-refractivity contribution in [1.29, 1.82) is 0 Å². The molecule has 148 valence electrons. The number of furan rings is 1. The van der Waals surface area contributed by atoms with E-state index in [1.165, 1.54) is 6.33 Å². The van der Waals surface area contributed by atoms with Gasteiger partial charge in [0.15, 0.2) is 5.82 Å². The van der Waals surface area contributed by atoms with Crippen molar-refractivity contribution in [3.8, 4) is 11.1 Å². The van der Waals surface area contributed by atoms with Crippen LogP contribution in [0.2, 0.25) is 0 Å². The molecule has 0 aliphatic rings. The van der Waals surface area contributed by atoms with E-state index in [1.54, 1.807) is 24.5 Å². The number of rotatable bonds is 3. The first kappa shape index (κ1) is 18.5. The molecule has 0 bridgehead atoms. The van der Waals surface area contributed by atoms with E-state index in [0.717, 1.165) is 11.1 Å². The lowest BCUT2D eigenvalue weighted by atomic mass is 9.93. The van der Waals surface area contributed by atoms with Crippen LogP contribution in [0.5, 0.6) is 0 Å². The third kappa shape index (κ3) is 3.75. The summed E-state index contributed by atoms with van der Waals surface area (Å²) in [6.07, 6.45) is 2.94. The molecule has 0 saturated heterocycles. The van der Waals surface area contributed by atoms with Crippen LogP contribution in [0.3, 0.4) is 0 Å². The Morgan fingerprint density at radius 1 is 1.10 bits per heavy atom. The van der Waals surface area contributed by atoms with Crippen molar-refractivity contribution in [2.75, 3.05) is 16.4 Å². The van der Waals surface area contributed by atoms with Gasteiger partial charge in [-0.2, -0.15) is 0 Å². The summed E-state index contributed by atoms with van der Waals surface area (Å²) in [6.45, 7) is 6.01. The van der Waals surface area contributed by atoms with Crippen LogP contribution in [-0.2, 0) is 5.41 Å². The molecule has 3 heterocycles. The lowest BCUT2D eigenvalue weighted by molar-refractivity contribution is 0.262. The van der Waals surface area contributed by atoms with Crippen molar-refractivity contribution in [2.24, 2.45) is 0 Å². The predicted molar refractivity (Wildman–Crippen MR) is 109 cm³/mol. The van der Waals surface area contributed by atoms with E-state index < -0.39 is 6.03 Å². The highest BCUT2D eigenvalue weighted by Gasteiger charge is 2.20. The summed E-state index contributed by atoms with van der Waals surface area (Å²) in [5, 5.41) is 9.94. The van der Waals surface area contributed by atoms with Crippen molar-refractivity contribution in [1.82, 2.24) is 15.1 Å². The van der Waals surface area contributed by atoms with Gasteiger partial charge in [-0.15, -0.1) is 0 Å².